The normalized spacial score (nSPS) is 9.31. The van der Waals surface area contributed by atoms with Crippen LogP contribution in [0.5, 0.6) is 0 Å². The highest BCUT2D eigenvalue weighted by Crippen LogP contribution is 2.29. The standard InChI is InChI=1S/C9H13N3OS2.ClH/c10-12-8(13)4-3-7-14-15-9-5-1-2-6-11-9;/h1-2,5-6H,3-4,7,10H2,(H,12,13);1H. The smallest absolute Gasteiger partial charge is 0.233 e. The van der Waals surface area contributed by atoms with E-state index in [9.17, 15) is 4.79 Å². The van der Waals surface area contributed by atoms with Gasteiger partial charge in [0.1, 0.15) is 5.03 Å². The quantitative estimate of drug-likeness (QED) is 0.274. The first-order valence-corrected chi connectivity index (χ1v) is 6.85. The molecule has 1 rings (SSSR count). The maximum Gasteiger partial charge on any atom is 0.233 e. The van der Waals surface area contributed by atoms with Gasteiger partial charge in [0.25, 0.3) is 0 Å². The Bertz CT molecular complexity index is 300. The Morgan fingerprint density at radius 1 is 1.50 bits per heavy atom. The zero-order chi connectivity index (χ0) is 10.9. The predicted molar refractivity (Wildman–Crippen MR) is 71.4 cm³/mol. The van der Waals surface area contributed by atoms with Crippen LogP contribution in [0.4, 0.5) is 0 Å². The van der Waals surface area contributed by atoms with Crippen LogP contribution < -0.4 is 11.3 Å². The van der Waals surface area contributed by atoms with Crippen LogP contribution in [-0.4, -0.2) is 16.6 Å². The van der Waals surface area contributed by atoms with E-state index < -0.39 is 0 Å². The molecule has 0 radical (unpaired) electrons. The van der Waals surface area contributed by atoms with Crippen LogP contribution >= 0.6 is 34.0 Å². The van der Waals surface area contributed by atoms with Crippen molar-refractivity contribution in [2.45, 2.75) is 17.9 Å². The summed E-state index contributed by atoms with van der Waals surface area (Å²) in [6.45, 7) is 0. The highest BCUT2D eigenvalue weighted by molar-refractivity contribution is 8.76. The van der Waals surface area contributed by atoms with E-state index in [1.807, 2.05) is 18.2 Å². The molecule has 0 saturated heterocycles. The second-order valence-corrected chi connectivity index (χ2v) is 5.18. The van der Waals surface area contributed by atoms with Crippen LogP contribution in [0.25, 0.3) is 0 Å². The van der Waals surface area contributed by atoms with E-state index in [0.29, 0.717) is 6.42 Å². The Hall–Kier alpha value is -0.430. The lowest BCUT2D eigenvalue weighted by Crippen LogP contribution is -2.29. The fourth-order valence-electron chi connectivity index (χ4n) is 0.862. The number of hydrazine groups is 1. The fraction of sp³-hybridized carbons (Fsp3) is 0.333. The summed E-state index contributed by atoms with van der Waals surface area (Å²) in [6.07, 6.45) is 3.07. The molecule has 0 aliphatic rings. The molecule has 0 spiro atoms. The third kappa shape index (κ3) is 6.95. The molecule has 16 heavy (non-hydrogen) atoms. The van der Waals surface area contributed by atoms with Gasteiger partial charge in [0, 0.05) is 18.4 Å². The Morgan fingerprint density at radius 2 is 2.31 bits per heavy atom. The van der Waals surface area contributed by atoms with Crippen molar-refractivity contribution in [1.29, 1.82) is 0 Å². The van der Waals surface area contributed by atoms with Gasteiger partial charge < -0.3 is 0 Å². The Morgan fingerprint density at radius 3 is 2.94 bits per heavy atom. The number of carbonyl (C=O) groups excluding carboxylic acids is 1. The second kappa shape index (κ2) is 9.77. The molecule has 90 valence electrons. The van der Waals surface area contributed by atoms with Gasteiger partial charge >= 0.3 is 0 Å². The molecule has 7 heteroatoms. The monoisotopic (exact) mass is 279 g/mol. The molecule has 1 aromatic heterocycles. The first-order chi connectivity index (χ1) is 7.33. The van der Waals surface area contributed by atoms with Crippen LogP contribution in [0.1, 0.15) is 12.8 Å². The highest BCUT2D eigenvalue weighted by atomic mass is 35.5. The van der Waals surface area contributed by atoms with Crippen molar-refractivity contribution in [1.82, 2.24) is 10.4 Å². The van der Waals surface area contributed by atoms with Gasteiger partial charge in [-0.05, 0) is 29.3 Å². The first kappa shape index (κ1) is 15.6. The van der Waals surface area contributed by atoms with Crippen molar-refractivity contribution in [3.8, 4) is 0 Å². The molecular formula is C9H14ClN3OS2. The van der Waals surface area contributed by atoms with Crippen molar-refractivity contribution < 1.29 is 4.79 Å². The SMILES string of the molecule is Cl.NNC(=O)CCCSSc1ccccn1. The minimum Gasteiger partial charge on any atom is -0.294 e. The minimum atomic E-state index is -0.113. The molecular weight excluding hydrogens is 266 g/mol. The van der Waals surface area contributed by atoms with Crippen LogP contribution in [0, 0.1) is 0 Å². The lowest BCUT2D eigenvalue weighted by atomic mass is 10.3. The summed E-state index contributed by atoms with van der Waals surface area (Å²) in [5.74, 6) is 5.76. The summed E-state index contributed by atoms with van der Waals surface area (Å²) in [6, 6.07) is 5.81. The van der Waals surface area contributed by atoms with Gasteiger partial charge in [-0.1, -0.05) is 16.9 Å². The van der Waals surface area contributed by atoms with Crippen LogP contribution in [-0.2, 0) is 4.79 Å². The van der Waals surface area contributed by atoms with Crippen LogP contribution in [0.15, 0.2) is 29.4 Å². The van der Waals surface area contributed by atoms with Gasteiger partial charge in [-0.15, -0.1) is 12.4 Å². The van der Waals surface area contributed by atoms with E-state index in [1.165, 1.54) is 0 Å². The van der Waals surface area contributed by atoms with Gasteiger partial charge in [-0.2, -0.15) is 0 Å². The number of pyridine rings is 1. The zero-order valence-electron chi connectivity index (χ0n) is 8.59. The average molecular weight is 280 g/mol. The van der Waals surface area contributed by atoms with Crippen LogP contribution in [0.2, 0.25) is 0 Å². The Labute approximate surface area is 109 Å². The highest BCUT2D eigenvalue weighted by Gasteiger charge is 1.99. The second-order valence-electron chi connectivity index (χ2n) is 2.74. The number of nitrogens with zero attached hydrogens (tertiary/aromatic N) is 1. The zero-order valence-corrected chi connectivity index (χ0v) is 11.0. The molecule has 0 aliphatic heterocycles. The van der Waals surface area contributed by atoms with E-state index in [4.69, 9.17) is 5.84 Å². The van der Waals surface area contributed by atoms with E-state index in [1.54, 1.807) is 27.8 Å². The largest absolute Gasteiger partial charge is 0.294 e. The summed E-state index contributed by atoms with van der Waals surface area (Å²) in [5.41, 5.74) is 2.11. The molecule has 0 aromatic carbocycles. The third-order valence-corrected chi connectivity index (χ3v) is 3.93. The van der Waals surface area contributed by atoms with Crippen molar-refractivity contribution in [3.63, 3.8) is 0 Å². The molecule has 0 saturated carbocycles. The van der Waals surface area contributed by atoms with Gasteiger partial charge in [0.2, 0.25) is 5.91 Å². The van der Waals surface area contributed by atoms with Gasteiger partial charge in [0.05, 0.1) is 0 Å². The molecule has 1 aromatic rings. The summed E-state index contributed by atoms with van der Waals surface area (Å²) >= 11 is 0. The van der Waals surface area contributed by atoms with E-state index in [2.05, 4.69) is 10.4 Å². The lowest BCUT2D eigenvalue weighted by Gasteiger charge is -2.00. The number of nitrogens with two attached hydrogens (primary N) is 1. The number of hydrogen-bond donors (Lipinski definition) is 2. The number of aromatic nitrogens is 1. The predicted octanol–water partition coefficient (Wildman–Crippen LogP) is 2.01. The van der Waals surface area contributed by atoms with Gasteiger partial charge in [-0.3, -0.25) is 10.2 Å². The molecule has 1 heterocycles. The molecule has 0 unspecified atom stereocenters. The topological polar surface area (TPSA) is 68.0 Å². The Balaban J connectivity index is 0.00000225. The molecule has 0 bridgehead atoms. The molecule has 0 fully saturated rings. The molecule has 0 aliphatic carbocycles. The van der Waals surface area contributed by atoms with Crippen molar-refractivity contribution >= 4 is 39.9 Å². The number of rotatable bonds is 6. The average Bonchev–Trinajstić information content (AvgIpc) is 2.29. The number of nitrogens with one attached hydrogen (secondary N) is 1. The molecule has 1 amide bonds. The number of carbonyl (C=O) groups is 1. The van der Waals surface area contributed by atoms with E-state index >= 15 is 0 Å². The number of hydrogen-bond acceptors (Lipinski definition) is 5. The van der Waals surface area contributed by atoms with Crippen molar-refractivity contribution in [2.24, 2.45) is 5.84 Å². The van der Waals surface area contributed by atoms with E-state index in [-0.39, 0.29) is 18.3 Å². The first-order valence-electron chi connectivity index (χ1n) is 4.53. The van der Waals surface area contributed by atoms with Crippen molar-refractivity contribution in [2.75, 3.05) is 5.75 Å². The minimum absolute atomic E-state index is 0. The maximum atomic E-state index is 10.8. The van der Waals surface area contributed by atoms with Crippen LogP contribution in [0.3, 0.4) is 0 Å². The number of halogens is 1. The number of amides is 1. The molecule has 4 nitrogen and oxygen atoms in total. The third-order valence-electron chi connectivity index (χ3n) is 1.57. The fourth-order valence-corrected chi connectivity index (χ4v) is 2.83. The summed E-state index contributed by atoms with van der Waals surface area (Å²) in [5, 5.41) is 0.991. The lowest BCUT2D eigenvalue weighted by molar-refractivity contribution is -0.121. The summed E-state index contributed by atoms with van der Waals surface area (Å²) < 4.78 is 0. The summed E-state index contributed by atoms with van der Waals surface area (Å²) in [7, 11) is 3.31. The Kier molecular flexibility index (Phi) is 9.51. The summed E-state index contributed by atoms with van der Waals surface area (Å²) in [4.78, 5) is 15.0. The van der Waals surface area contributed by atoms with Crippen molar-refractivity contribution in [3.05, 3.63) is 24.4 Å². The maximum absolute atomic E-state index is 10.8. The van der Waals surface area contributed by atoms with E-state index in [0.717, 1.165) is 17.2 Å². The molecule has 3 N–H and O–H groups in total. The van der Waals surface area contributed by atoms with Gasteiger partial charge in [0.15, 0.2) is 0 Å². The molecule has 0 atom stereocenters. The van der Waals surface area contributed by atoms with Gasteiger partial charge in [-0.25, -0.2) is 10.8 Å².